The summed E-state index contributed by atoms with van der Waals surface area (Å²) in [6.45, 7) is 8.89. The third kappa shape index (κ3) is 3.81. The minimum absolute atomic E-state index is 0.0596. The lowest BCUT2D eigenvalue weighted by Crippen LogP contribution is -2.54. The Morgan fingerprint density at radius 1 is 1.37 bits per heavy atom. The zero-order valence-corrected chi connectivity index (χ0v) is 18.0. The number of hydrogen-bond acceptors (Lipinski definition) is 6. The predicted octanol–water partition coefficient (Wildman–Crippen LogP) is 4.25. The summed E-state index contributed by atoms with van der Waals surface area (Å²) in [4.78, 5) is 20.5. The molecule has 30 heavy (non-hydrogen) atoms. The molecule has 2 aromatic heterocycles. The minimum Gasteiger partial charge on any atom is -0.444 e. The maximum Gasteiger partial charge on any atom is 0.410 e. The molecule has 0 saturated carbocycles. The highest BCUT2D eigenvalue weighted by Gasteiger charge is 2.32. The van der Waals surface area contributed by atoms with Crippen LogP contribution in [0.1, 0.15) is 27.7 Å². The maximum atomic E-state index is 14.7. The molecule has 0 radical (unpaired) electrons. The number of amides is 1. The molecule has 1 aliphatic heterocycles. The number of anilines is 1. The number of nitrogens with zero attached hydrogens (tertiary/aromatic N) is 5. The van der Waals surface area contributed by atoms with E-state index in [1.54, 1.807) is 23.4 Å². The Morgan fingerprint density at radius 2 is 2.13 bits per heavy atom. The molecule has 0 aliphatic carbocycles. The van der Waals surface area contributed by atoms with Crippen molar-refractivity contribution < 1.29 is 18.3 Å². The van der Waals surface area contributed by atoms with Crippen LogP contribution in [0.4, 0.5) is 15.2 Å². The van der Waals surface area contributed by atoms with Crippen LogP contribution in [0.15, 0.2) is 28.9 Å². The predicted molar refractivity (Wildman–Crippen MR) is 111 cm³/mol. The van der Waals surface area contributed by atoms with Gasteiger partial charge < -0.3 is 19.0 Å². The second kappa shape index (κ2) is 7.46. The number of hydrogen-bond donors (Lipinski definition) is 0. The van der Waals surface area contributed by atoms with Gasteiger partial charge in [0, 0.05) is 38.1 Å². The van der Waals surface area contributed by atoms with Crippen molar-refractivity contribution in [3.63, 3.8) is 0 Å². The second-order valence-corrected chi connectivity index (χ2v) is 8.69. The molecule has 1 aliphatic rings. The largest absolute Gasteiger partial charge is 0.444 e. The third-order valence-corrected chi connectivity index (χ3v) is 5.07. The van der Waals surface area contributed by atoms with E-state index in [0.29, 0.717) is 31.2 Å². The summed E-state index contributed by atoms with van der Waals surface area (Å²) in [6, 6.07) is 3.39. The molecule has 0 unspecified atom stereocenters. The van der Waals surface area contributed by atoms with E-state index in [4.69, 9.17) is 20.8 Å². The topological polar surface area (TPSA) is 76.6 Å². The van der Waals surface area contributed by atoms with Crippen molar-refractivity contribution in [3.05, 3.63) is 35.4 Å². The second-order valence-electron chi connectivity index (χ2n) is 8.29. The van der Waals surface area contributed by atoms with Crippen LogP contribution in [0.3, 0.4) is 0 Å². The Hall–Kier alpha value is -2.81. The third-order valence-electron chi connectivity index (χ3n) is 4.80. The summed E-state index contributed by atoms with van der Waals surface area (Å²) in [6.07, 6.45) is 2.81. The number of piperazine rings is 1. The zero-order chi connectivity index (χ0) is 21.6. The first-order chi connectivity index (χ1) is 14.1. The molecule has 0 spiro atoms. The van der Waals surface area contributed by atoms with Gasteiger partial charge in [0.1, 0.15) is 16.8 Å². The van der Waals surface area contributed by atoms with Crippen LogP contribution in [0.2, 0.25) is 5.02 Å². The molecule has 0 N–H and O–H groups in total. The monoisotopic (exact) mass is 435 g/mol. The molecular formula is C20H23ClFN5O3. The van der Waals surface area contributed by atoms with Crippen LogP contribution in [0.25, 0.3) is 16.8 Å². The van der Waals surface area contributed by atoms with Gasteiger partial charge in [0.15, 0.2) is 11.4 Å². The first kappa shape index (κ1) is 20.5. The standard InChI is InChI=1S/C20H23ClFN5O3/c1-12-11-25(19(28)30-20(2,3)4)8-9-26(12)18-24-14-10-13(21)15(22)16(17(14)29-18)27-7-5-6-23-27/h5-7,10,12H,8-9,11H2,1-4H3/t12-/m0/s1. The van der Waals surface area contributed by atoms with Crippen molar-refractivity contribution in [2.24, 2.45) is 0 Å². The van der Waals surface area contributed by atoms with Gasteiger partial charge in [-0.15, -0.1) is 0 Å². The number of carbonyl (C=O) groups is 1. The average molecular weight is 436 g/mol. The highest BCUT2D eigenvalue weighted by atomic mass is 35.5. The summed E-state index contributed by atoms with van der Waals surface area (Å²) in [5, 5.41) is 4.03. The Bertz CT molecular complexity index is 1080. The van der Waals surface area contributed by atoms with Gasteiger partial charge in [0.2, 0.25) is 0 Å². The fourth-order valence-electron chi connectivity index (χ4n) is 3.45. The van der Waals surface area contributed by atoms with E-state index in [1.165, 1.54) is 10.7 Å². The minimum atomic E-state index is -0.627. The van der Waals surface area contributed by atoms with Crippen molar-refractivity contribution in [3.8, 4) is 5.69 Å². The van der Waals surface area contributed by atoms with E-state index >= 15 is 0 Å². The van der Waals surface area contributed by atoms with Crippen LogP contribution in [-0.2, 0) is 4.74 Å². The molecule has 8 nitrogen and oxygen atoms in total. The number of halogens is 2. The SMILES string of the molecule is C[C@H]1CN(C(=O)OC(C)(C)C)CCN1c1nc2cc(Cl)c(F)c(-n3cccn3)c2o1. The molecular weight excluding hydrogens is 413 g/mol. The Kier molecular flexibility index (Phi) is 5.09. The van der Waals surface area contributed by atoms with Gasteiger partial charge in [-0.25, -0.2) is 13.9 Å². The van der Waals surface area contributed by atoms with E-state index in [1.807, 2.05) is 32.6 Å². The first-order valence-corrected chi connectivity index (χ1v) is 10.0. The molecule has 3 aromatic rings. The summed E-state index contributed by atoms with van der Waals surface area (Å²) in [5.74, 6) is -0.627. The summed E-state index contributed by atoms with van der Waals surface area (Å²) >= 11 is 6.07. The van der Waals surface area contributed by atoms with Gasteiger partial charge >= 0.3 is 6.09 Å². The van der Waals surface area contributed by atoms with Gasteiger partial charge in [0.25, 0.3) is 6.01 Å². The Morgan fingerprint density at radius 3 is 2.77 bits per heavy atom. The number of aromatic nitrogens is 3. The van der Waals surface area contributed by atoms with Gasteiger partial charge in [0.05, 0.1) is 5.02 Å². The van der Waals surface area contributed by atoms with Crippen molar-refractivity contribution in [1.29, 1.82) is 0 Å². The number of benzene rings is 1. The van der Waals surface area contributed by atoms with Crippen molar-refractivity contribution in [1.82, 2.24) is 19.7 Å². The summed E-state index contributed by atoms with van der Waals surface area (Å²) in [7, 11) is 0. The molecule has 1 saturated heterocycles. The van der Waals surface area contributed by atoms with E-state index in [9.17, 15) is 9.18 Å². The Labute approximate surface area is 178 Å². The zero-order valence-electron chi connectivity index (χ0n) is 17.2. The Balaban J connectivity index is 1.62. The smallest absolute Gasteiger partial charge is 0.410 e. The van der Waals surface area contributed by atoms with Crippen molar-refractivity contribution in [2.75, 3.05) is 24.5 Å². The molecule has 1 fully saturated rings. The van der Waals surface area contributed by atoms with Gasteiger partial charge in [-0.1, -0.05) is 11.6 Å². The van der Waals surface area contributed by atoms with Gasteiger partial charge in [-0.2, -0.15) is 10.1 Å². The van der Waals surface area contributed by atoms with E-state index < -0.39 is 11.4 Å². The van der Waals surface area contributed by atoms with E-state index in [0.717, 1.165) is 0 Å². The fraction of sp³-hybridized carbons (Fsp3) is 0.450. The number of fused-ring (bicyclic) bond motifs is 1. The van der Waals surface area contributed by atoms with Gasteiger partial charge in [-0.05, 0) is 39.8 Å². The number of oxazole rings is 1. The lowest BCUT2D eigenvalue weighted by atomic mass is 10.2. The average Bonchev–Trinajstić information content (AvgIpc) is 3.31. The summed E-state index contributed by atoms with van der Waals surface area (Å²) in [5.41, 5.74) is 0.256. The normalized spacial score (nSPS) is 17.6. The van der Waals surface area contributed by atoms with Crippen LogP contribution < -0.4 is 4.90 Å². The molecule has 160 valence electrons. The van der Waals surface area contributed by atoms with Crippen LogP contribution in [0.5, 0.6) is 0 Å². The van der Waals surface area contributed by atoms with E-state index in [2.05, 4.69) is 10.1 Å². The fourth-order valence-corrected chi connectivity index (χ4v) is 3.64. The van der Waals surface area contributed by atoms with E-state index in [-0.39, 0.29) is 28.4 Å². The number of rotatable bonds is 2. The highest BCUT2D eigenvalue weighted by Crippen LogP contribution is 2.34. The summed E-state index contributed by atoms with van der Waals surface area (Å²) < 4.78 is 27.5. The highest BCUT2D eigenvalue weighted by molar-refractivity contribution is 6.31. The molecule has 1 aromatic carbocycles. The molecule has 10 heteroatoms. The van der Waals surface area contributed by atoms with Crippen LogP contribution in [0, 0.1) is 5.82 Å². The van der Waals surface area contributed by atoms with Crippen LogP contribution in [-0.4, -0.2) is 57.0 Å². The molecule has 0 bridgehead atoms. The van der Waals surface area contributed by atoms with Crippen molar-refractivity contribution >= 4 is 34.8 Å². The first-order valence-electron chi connectivity index (χ1n) is 9.67. The molecule has 3 heterocycles. The number of carbonyl (C=O) groups excluding carboxylic acids is 1. The molecule has 1 amide bonds. The van der Waals surface area contributed by atoms with Crippen molar-refractivity contribution in [2.45, 2.75) is 39.3 Å². The maximum absolute atomic E-state index is 14.7. The lowest BCUT2D eigenvalue weighted by molar-refractivity contribution is 0.0216. The number of ether oxygens (including phenoxy) is 1. The van der Waals surface area contributed by atoms with Gasteiger partial charge in [-0.3, -0.25) is 0 Å². The quantitative estimate of drug-likeness (QED) is 0.598. The molecule has 1 atom stereocenters. The molecule has 4 rings (SSSR count). The lowest BCUT2D eigenvalue weighted by Gasteiger charge is -2.39. The van der Waals surface area contributed by atoms with Crippen LogP contribution >= 0.6 is 11.6 Å².